The van der Waals surface area contributed by atoms with E-state index in [0.717, 1.165) is 62.5 Å². The number of nitrogens with zero attached hydrogens (tertiary/aromatic N) is 4. The van der Waals surface area contributed by atoms with Gasteiger partial charge in [0.1, 0.15) is 0 Å². The van der Waals surface area contributed by atoms with Crippen LogP contribution in [0.15, 0.2) is 30.5 Å². The maximum absolute atomic E-state index is 12.7. The summed E-state index contributed by atoms with van der Waals surface area (Å²) in [5.74, 6) is 0.522. The summed E-state index contributed by atoms with van der Waals surface area (Å²) in [5, 5.41) is 7.46. The number of hydrogen-bond donors (Lipinski definition) is 1. The summed E-state index contributed by atoms with van der Waals surface area (Å²) in [6.07, 6.45) is 6.15. The third-order valence-electron chi connectivity index (χ3n) is 6.70. The summed E-state index contributed by atoms with van der Waals surface area (Å²) in [6.45, 7) is 8.69. The van der Waals surface area contributed by atoms with Crippen molar-refractivity contribution < 1.29 is 9.59 Å². The maximum Gasteiger partial charge on any atom is 0.254 e. The number of para-hydroxylation sites is 1. The van der Waals surface area contributed by atoms with Crippen LogP contribution in [-0.2, 0) is 4.79 Å². The van der Waals surface area contributed by atoms with Crippen LogP contribution in [0.1, 0.15) is 47.3 Å². The van der Waals surface area contributed by atoms with Crippen molar-refractivity contribution in [2.45, 2.75) is 39.5 Å². The van der Waals surface area contributed by atoms with Crippen molar-refractivity contribution in [1.82, 2.24) is 24.9 Å². The minimum Gasteiger partial charge on any atom is -0.351 e. The Morgan fingerprint density at radius 1 is 1.06 bits per heavy atom. The monoisotopic (exact) mass is 423 g/mol. The lowest BCUT2D eigenvalue weighted by atomic mass is 10.1. The van der Waals surface area contributed by atoms with Crippen LogP contribution in [-0.4, -0.2) is 70.7 Å². The fourth-order valence-corrected chi connectivity index (χ4v) is 4.72. The third-order valence-corrected chi connectivity index (χ3v) is 6.70. The van der Waals surface area contributed by atoms with E-state index in [0.29, 0.717) is 18.0 Å². The van der Waals surface area contributed by atoms with E-state index in [2.05, 4.69) is 15.3 Å². The molecule has 2 fully saturated rings. The van der Waals surface area contributed by atoms with Gasteiger partial charge in [-0.1, -0.05) is 31.0 Å². The lowest BCUT2D eigenvalue weighted by Gasteiger charge is -2.36. The van der Waals surface area contributed by atoms with Gasteiger partial charge in [0.15, 0.2) is 0 Å². The topological polar surface area (TPSA) is 70.5 Å². The van der Waals surface area contributed by atoms with Crippen molar-refractivity contribution in [2.75, 3.05) is 39.3 Å². The van der Waals surface area contributed by atoms with E-state index in [-0.39, 0.29) is 11.8 Å². The molecule has 2 heterocycles. The summed E-state index contributed by atoms with van der Waals surface area (Å²) in [6, 6.07) is 8.02. The van der Waals surface area contributed by atoms with E-state index in [9.17, 15) is 9.59 Å². The van der Waals surface area contributed by atoms with E-state index in [1.165, 1.54) is 12.8 Å². The molecular formula is C24H33N5O2. The maximum atomic E-state index is 12.7. The second-order valence-corrected chi connectivity index (χ2v) is 8.75. The number of nitrogens with one attached hydrogen (secondary N) is 1. The van der Waals surface area contributed by atoms with E-state index in [1.54, 1.807) is 6.20 Å². The van der Waals surface area contributed by atoms with Crippen LogP contribution in [0.4, 0.5) is 0 Å². The molecule has 1 aromatic carbocycles. The predicted molar refractivity (Wildman–Crippen MR) is 120 cm³/mol. The Morgan fingerprint density at radius 2 is 1.77 bits per heavy atom. The molecule has 2 amide bonds. The van der Waals surface area contributed by atoms with Gasteiger partial charge in [-0.25, -0.2) is 4.68 Å². The molecule has 1 N–H and O–H groups in total. The molecule has 0 unspecified atom stereocenters. The molecule has 0 spiro atoms. The molecule has 2 aromatic rings. The normalized spacial score (nSPS) is 17.8. The highest BCUT2D eigenvalue weighted by atomic mass is 16.2. The van der Waals surface area contributed by atoms with Crippen LogP contribution < -0.4 is 5.32 Å². The Kier molecular flexibility index (Phi) is 6.70. The predicted octanol–water partition coefficient (Wildman–Crippen LogP) is 2.55. The fraction of sp³-hybridized carbons (Fsp3) is 0.542. The standard InChI is InChI=1S/C24H33N5O2/c1-18-7-3-6-10-22(18)29-19(2)21(17-26-29)23(30)25-11-12-27-13-15-28(16-14-27)24(31)20-8-4-5-9-20/h3,6-7,10,17,20H,4-5,8-9,11-16H2,1-2H3,(H,25,30). The highest BCUT2D eigenvalue weighted by Gasteiger charge is 2.29. The molecule has 7 heteroatoms. The van der Waals surface area contributed by atoms with Crippen LogP contribution in [0.25, 0.3) is 5.69 Å². The molecule has 166 valence electrons. The van der Waals surface area contributed by atoms with Gasteiger partial charge in [0.2, 0.25) is 5.91 Å². The SMILES string of the molecule is Cc1ccccc1-n1ncc(C(=O)NCCN2CCN(C(=O)C3CCCC3)CC2)c1C. The summed E-state index contributed by atoms with van der Waals surface area (Å²) in [7, 11) is 0. The first kappa shape index (κ1) is 21.6. The van der Waals surface area contributed by atoms with E-state index >= 15 is 0 Å². The van der Waals surface area contributed by atoms with Crippen molar-refractivity contribution in [2.24, 2.45) is 5.92 Å². The first-order valence-electron chi connectivity index (χ1n) is 11.4. The average molecular weight is 424 g/mol. The van der Waals surface area contributed by atoms with Crippen LogP contribution in [0.3, 0.4) is 0 Å². The van der Waals surface area contributed by atoms with Gasteiger partial charge < -0.3 is 10.2 Å². The van der Waals surface area contributed by atoms with Crippen molar-refractivity contribution in [3.8, 4) is 5.69 Å². The minimum atomic E-state index is -0.0904. The number of carbonyl (C=O) groups is 2. The van der Waals surface area contributed by atoms with Crippen molar-refractivity contribution in [3.63, 3.8) is 0 Å². The largest absolute Gasteiger partial charge is 0.351 e. The average Bonchev–Trinajstić information content (AvgIpc) is 3.44. The number of hydrogen-bond acceptors (Lipinski definition) is 4. The second kappa shape index (κ2) is 9.64. The van der Waals surface area contributed by atoms with Crippen LogP contribution in [0, 0.1) is 19.8 Å². The van der Waals surface area contributed by atoms with Crippen molar-refractivity contribution >= 4 is 11.8 Å². The van der Waals surface area contributed by atoms with Crippen molar-refractivity contribution in [3.05, 3.63) is 47.3 Å². The molecule has 4 rings (SSSR count). The Morgan fingerprint density at radius 3 is 2.48 bits per heavy atom. The molecule has 0 atom stereocenters. The quantitative estimate of drug-likeness (QED) is 0.775. The molecule has 1 aliphatic heterocycles. The van der Waals surface area contributed by atoms with Gasteiger partial charge in [-0.05, 0) is 38.3 Å². The molecule has 0 bridgehead atoms. The van der Waals surface area contributed by atoms with Crippen LogP contribution in [0.5, 0.6) is 0 Å². The summed E-state index contributed by atoms with van der Waals surface area (Å²) >= 11 is 0. The third kappa shape index (κ3) is 4.82. The zero-order valence-electron chi connectivity index (χ0n) is 18.6. The molecule has 31 heavy (non-hydrogen) atoms. The lowest BCUT2D eigenvalue weighted by molar-refractivity contribution is -0.137. The number of amides is 2. The van der Waals surface area contributed by atoms with Gasteiger partial charge >= 0.3 is 0 Å². The molecule has 1 saturated heterocycles. The van der Waals surface area contributed by atoms with Gasteiger partial charge in [0.05, 0.1) is 23.1 Å². The number of piperazine rings is 1. The Bertz CT molecular complexity index is 924. The number of benzene rings is 1. The lowest BCUT2D eigenvalue weighted by Crippen LogP contribution is -2.51. The molecule has 1 saturated carbocycles. The zero-order valence-corrected chi connectivity index (χ0v) is 18.6. The highest BCUT2D eigenvalue weighted by molar-refractivity contribution is 5.95. The smallest absolute Gasteiger partial charge is 0.254 e. The van der Waals surface area contributed by atoms with Gasteiger partial charge in [-0.3, -0.25) is 14.5 Å². The molecule has 2 aliphatic rings. The minimum absolute atomic E-state index is 0.0904. The molecule has 1 aliphatic carbocycles. The molecule has 1 aromatic heterocycles. The Hall–Kier alpha value is -2.67. The van der Waals surface area contributed by atoms with Gasteiger partial charge in [0.25, 0.3) is 5.91 Å². The number of rotatable bonds is 6. The first-order valence-corrected chi connectivity index (χ1v) is 11.4. The number of aromatic nitrogens is 2. The van der Waals surface area contributed by atoms with Crippen LogP contribution >= 0.6 is 0 Å². The Balaban J connectivity index is 1.24. The van der Waals surface area contributed by atoms with Gasteiger partial charge in [0, 0.05) is 45.2 Å². The van der Waals surface area contributed by atoms with E-state index in [1.807, 2.05) is 47.7 Å². The van der Waals surface area contributed by atoms with E-state index < -0.39 is 0 Å². The summed E-state index contributed by atoms with van der Waals surface area (Å²) < 4.78 is 1.82. The zero-order chi connectivity index (χ0) is 21.8. The fourth-order valence-electron chi connectivity index (χ4n) is 4.72. The highest BCUT2D eigenvalue weighted by Crippen LogP contribution is 2.27. The summed E-state index contributed by atoms with van der Waals surface area (Å²) in [5.41, 5.74) is 3.55. The molecule has 0 radical (unpaired) electrons. The molecular weight excluding hydrogens is 390 g/mol. The van der Waals surface area contributed by atoms with Crippen molar-refractivity contribution in [1.29, 1.82) is 0 Å². The number of aryl methyl sites for hydroxylation is 1. The van der Waals surface area contributed by atoms with Gasteiger partial charge in [-0.2, -0.15) is 5.10 Å². The number of carbonyl (C=O) groups excluding carboxylic acids is 2. The second-order valence-electron chi connectivity index (χ2n) is 8.75. The van der Waals surface area contributed by atoms with Gasteiger partial charge in [-0.15, -0.1) is 0 Å². The molecule has 7 nitrogen and oxygen atoms in total. The first-order chi connectivity index (χ1) is 15.0. The van der Waals surface area contributed by atoms with Crippen LogP contribution in [0.2, 0.25) is 0 Å². The van der Waals surface area contributed by atoms with E-state index in [4.69, 9.17) is 0 Å². The Labute approximate surface area is 184 Å². The summed E-state index contributed by atoms with van der Waals surface area (Å²) in [4.78, 5) is 29.6.